The van der Waals surface area contributed by atoms with Crippen LogP contribution in [0.3, 0.4) is 0 Å². The summed E-state index contributed by atoms with van der Waals surface area (Å²) in [7, 11) is 0. The first-order chi connectivity index (χ1) is 7.57. The number of hydrogen-bond donors (Lipinski definition) is 1. The molecule has 1 atom stereocenters. The van der Waals surface area contributed by atoms with Gasteiger partial charge in [-0.3, -0.25) is 14.3 Å². The first-order valence-electron chi connectivity index (χ1n) is 5.31. The van der Waals surface area contributed by atoms with Gasteiger partial charge in [0, 0.05) is 19.2 Å². The van der Waals surface area contributed by atoms with Gasteiger partial charge in [0.25, 0.3) is 5.56 Å². The molecule has 1 unspecified atom stereocenters. The summed E-state index contributed by atoms with van der Waals surface area (Å²) in [6.45, 7) is 4.57. The monoisotopic (exact) mass is 223 g/mol. The Labute approximate surface area is 91.5 Å². The first kappa shape index (κ1) is 9.65. The van der Waals surface area contributed by atoms with E-state index in [2.05, 4.69) is 4.98 Å². The lowest BCUT2D eigenvalue weighted by Gasteiger charge is -2.46. The van der Waals surface area contributed by atoms with E-state index < -0.39 is 0 Å². The number of fused-ring (bicyclic) bond motifs is 4. The molecular weight excluding hydrogens is 210 g/mol. The van der Waals surface area contributed by atoms with Gasteiger partial charge >= 0.3 is 5.69 Å². The molecule has 0 radical (unpaired) electrons. The van der Waals surface area contributed by atoms with Gasteiger partial charge < -0.3 is 9.64 Å². The predicted molar refractivity (Wildman–Crippen MR) is 57.9 cm³/mol. The molecule has 6 nitrogen and oxygen atoms in total. The third-order valence-corrected chi connectivity index (χ3v) is 3.17. The van der Waals surface area contributed by atoms with Gasteiger partial charge in [0.2, 0.25) is 0 Å². The minimum absolute atomic E-state index is 0.326. The van der Waals surface area contributed by atoms with Crippen molar-refractivity contribution < 1.29 is 4.74 Å². The van der Waals surface area contributed by atoms with Crippen molar-refractivity contribution in [1.29, 1.82) is 0 Å². The van der Waals surface area contributed by atoms with Crippen molar-refractivity contribution in [2.45, 2.75) is 19.1 Å². The molecule has 16 heavy (non-hydrogen) atoms. The summed E-state index contributed by atoms with van der Waals surface area (Å²) in [6.07, 6.45) is 0. The Morgan fingerprint density at radius 2 is 2.25 bits per heavy atom. The summed E-state index contributed by atoms with van der Waals surface area (Å²) in [5, 5.41) is 0. The van der Waals surface area contributed by atoms with E-state index in [1.807, 2.05) is 11.8 Å². The minimum atomic E-state index is -0.357. The van der Waals surface area contributed by atoms with Gasteiger partial charge in [-0.25, -0.2) is 4.79 Å². The lowest BCUT2D eigenvalue weighted by atomic mass is 10.0. The summed E-state index contributed by atoms with van der Waals surface area (Å²) in [5.74, 6) is 0.703. The number of hydrogen-bond acceptors (Lipinski definition) is 4. The number of nitrogens with one attached hydrogen (secondary N) is 1. The summed E-state index contributed by atoms with van der Waals surface area (Å²) in [6, 6.07) is 1.48. The second kappa shape index (κ2) is 2.98. The normalized spacial score (nSPS) is 27.7. The third kappa shape index (κ3) is 1.30. The molecule has 86 valence electrons. The number of anilines is 1. The van der Waals surface area contributed by atoms with E-state index in [4.69, 9.17) is 4.74 Å². The Morgan fingerprint density at radius 1 is 1.44 bits per heavy atom. The molecule has 0 spiro atoms. The zero-order valence-corrected chi connectivity index (χ0v) is 9.02. The smallest absolute Gasteiger partial charge is 0.330 e. The van der Waals surface area contributed by atoms with Crippen molar-refractivity contribution in [2.24, 2.45) is 0 Å². The Morgan fingerprint density at radius 3 is 3.06 bits per heavy atom. The van der Waals surface area contributed by atoms with Gasteiger partial charge in [0.15, 0.2) is 0 Å². The fourth-order valence-electron chi connectivity index (χ4n) is 2.48. The molecule has 0 saturated carbocycles. The lowest BCUT2D eigenvalue weighted by Crippen LogP contribution is -2.59. The van der Waals surface area contributed by atoms with E-state index in [-0.39, 0.29) is 16.9 Å². The SMILES string of the molecule is CC12CN(CCO1)c1cc(=O)[nH]c(=O)n1C2. The van der Waals surface area contributed by atoms with Crippen LogP contribution in [0.4, 0.5) is 5.82 Å². The van der Waals surface area contributed by atoms with Crippen LogP contribution in [0.1, 0.15) is 6.92 Å². The molecule has 1 aromatic heterocycles. The van der Waals surface area contributed by atoms with Crippen LogP contribution in [0.15, 0.2) is 15.7 Å². The topological polar surface area (TPSA) is 67.3 Å². The highest BCUT2D eigenvalue weighted by Gasteiger charge is 2.38. The maximum Gasteiger partial charge on any atom is 0.330 e. The molecule has 2 aliphatic rings. The van der Waals surface area contributed by atoms with E-state index in [1.54, 1.807) is 4.57 Å². The van der Waals surface area contributed by atoms with Gasteiger partial charge in [0.1, 0.15) is 11.4 Å². The molecule has 0 aromatic carbocycles. The molecule has 3 rings (SSSR count). The van der Waals surface area contributed by atoms with Crippen molar-refractivity contribution in [1.82, 2.24) is 9.55 Å². The fraction of sp³-hybridized carbons (Fsp3) is 0.600. The van der Waals surface area contributed by atoms with Crippen molar-refractivity contribution in [3.8, 4) is 0 Å². The van der Waals surface area contributed by atoms with Crippen molar-refractivity contribution in [3.63, 3.8) is 0 Å². The molecule has 6 heteroatoms. The van der Waals surface area contributed by atoms with Gasteiger partial charge in [0.05, 0.1) is 13.2 Å². The van der Waals surface area contributed by atoms with Crippen LogP contribution in [0.5, 0.6) is 0 Å². The Bertz CT molecular complexity index is 547. The van der Waals surface area contributed by atoms with E-state index in [0.29, 0.717) is 19.0 Å². The molecule has 2 bridgehead atoms. The number of nitrogens with zero attached hydrogens (tertiary/aromatic N) is 2. The number of rotatable bonds is 0. The first-order valence-corrected chi connectivity index (χ1v) is 5.31. The second-order valence-corrected chi connectivity index (χ2v) is 4.60. The van der Waals surface area contributed by atoms with Crippen molar-refractivity contribution in [3.05, 3.63) is 26.9 Å². The standard InChI is InChI=1S/C10H13N3O3/c1-10-5-12(2-3-16-10)8-4-7(14)11-9(15)13(8)6-10/h4H,2-3,5-6H2,1H3,(H,11,14,15). The van der Waals surface area contributed by atoms with Crippen LogP contribution in [-0.2, 0) is 11.3 Å². The van der Waals surface area contributed by atoms with E-state index in [0.717, 1.165) is 13.1 Å². The average molecular weight is 223 g/mol. The fourth-order valence-corrected chi connectivity index (χ4v) is 2.48. The molecule has 3 heterocycles. The van der Waals surface area contributed by atoms with E-state index >= 15 is 0 Å². The predicted octanol–water partition coefficient (Wildman–Crippen LogP) is -0.854. The van der Waals surface area contributed by atoms with E-state index in [1.165, 1.54) is 6.07 Å². The van der Waals surface area contributed by atoms with Gasteiger partial charge in [-0.15, -0.1) is 0 Å². The van der Waals surface area contributed by atoms with Gasteiger partial charge in [-0.2, -0.15) is 0 Å². The highest BCUT2D eigenvalue weighted by molar-refractivity contribution is 5.42. The quantitative estimate of drug-likeness (QED) is 0.622. The summed E-state index contributed by atoms with van der Waals surface area (Å²) in [5.41, 5.74) is -1.02. The van der Waals surface area contributed by atoms with Crippen molar-refractivity contribution >= 4 is 5.82 Å². The number of aromatic nitrogens is 2. The Hall–Kier alpha value is -1.56. The van der Waals surface area contributed by atoms with Gasteiger partial charge in [-0.1, -0.05) is 0 Å². The Kier molecular flexibility index (Phi) is 1.79. The lowest BCUT2D eigenvalue weighted by molar-refractivity contribution is -0.0618. The summed E-state index contributed by atoms with van der Waals surface area (Å²) in [4.78, 5) is 27.3. The molecular formula is C10H13N3O3. The minimum Gasteiger partial charge on any atom is -0.370 e. The van der Waals surface area contributed by atoms with Crippen LogP contribution >= 0.6 is 0 Å². The number of aromatic amines is 1. The summed E-state index contributed by atoms with van der Waals surface area (Å²) >= 11 is 0. The van der Waals surface area contributed by atoms with Crippen LogP contribution in [0.25, 0.3) is 0 Å². The van der Waals surface area contributed by atoms with Crippen LogP contribution in [-0.4, -0.2) is 34.8 Å². The maximum atomic E-state index is 11.7. The molecule has 1 saturated heterocycles. The maximum absolute atomic E-state index is 11.7. The zero-order valence-electron chi connectivity index (χ0n) is 9.02. The second-order valence-electron chi connectivity index (χ2n) is 4.60. The number of H-pyrrole nitrogens is 1. The Balaban J connectivity index is 2.22. The van der Waals surface area contributed by atoms with Crippen LogP contribution in [0.2, 0.25) is 0 Å². The molecule has 0 aliphatic carbocycles. The van der Waals surface area contributed by atoms with E-state index in [9.17, 15) is 9.59 Å². The number of morpholine rings is 1. The highest BCUT2D eigenvalue weighted by atomic mass is 16.5. The van der Waals surface area contributed by atoms with Crippen molar-refractivity contribution in [2.75, 3.05) is 24.6 Å². The molecule has 2 aliphatic heterocycles. The molecule has 1 N–H and O–H groups in total. The van der Waals surface area contributed by atoms with Crippen LogP contribution < -0.4 is 16.1 Å². The average Bonchev–Trinajstić information content (AvgIpc) is 2.20. The molecule has 1 aromatic rings. The number of ether oxygens (including phenoxy) is 1. The van der Waals surface area contributed by atoms with Gasteiger partial charge in [-0.05, 0) is 6.92 Å². The third-order valence-electron chi connectivity index (χ3n) is 3.17. The molecule has 1 fully saturated rings. The molecule has 0 amide bonds. The largest absolute Gasteiger partial charge is 0.370 e. The van der Waals surface area contributed by atoms with Crippen LogP contribution in [0, 0.1) is 0 Å². The highest BCUT2D eigenvalue weighted by Crippen LogP contribution is 2.28. The zero-order chi connectivity index (χ0) is 11.3. The summed E-state index contributed by atoms with van der Waals surface area (Å²) < 4.78 is 7.26.